The summed E-state index contributed by atoms with van der Waals surface area (Å²) in [6, 6.07) is 84.2. The molecule has 4 aliphatic rings. The van der Waals surface area contributed by atoms with Crippen LogP contribution in [-0.2, 0) is 5.41 Å². The molecule has 86 heavy (non-hydrogen) atoms. The molecule has 0 unspecified atom stereocenters. The van der Waals surface area contributed by atoms with Gasteiger partial charge in [0, 0.05) is 44.2 Å². The summed E-state index contributed by atoms with van der Waals surface area (Å²) in [4.78, 5) is 4.89. The Bertz CT molecular complexity index is 4850. The lowest BCUT2D eigenvalue weighted by molar-refractivity contribution is 0.423. The molecule has 0 aliphatic heterocycles. The largest absolute Gasteiger partial charge is 0.454 e. The van der Waals surface area contributed by atoms with Gasteiger partial charge in [-0.1, -0.05) is 227 Å². The van der Waals surface area contributed by atoms with Crippen LogP contribution in [0.3, 0.4) is 0 Å². The van der Waals surface area contributed by atoms with Crippen molar-refractivity contribution in [2.24, 2.45) is 5.92 Å². The van der Waals surface area contributed by atoms with Gasteiger partial charge < -0.3 is 18.6 Å². The van der Waals surface area contributed by atoms with Crippen molar-refractivity contribution < 1.29 is 8.83 Å². The molecule has 11 aromatic carbocycles. The quantitative estimate of drug-likeness (QED) is 0.137. The summed E-state index contributed by atoms with van der Waals surface area (Å²) in [5.74, 6) is 1.84. The summed E-state index contributed by atoms with van der Waals surface area (Å²) in [6.07, 6.45) is 16.7. The van der Waals surface area contributed by atoms with Gasteiger partial charge in [-0.25, -0.2) is 0 Å². The minimum atomic E-state index is -0.681. The van der Waals surface area contributed by atoms with Crippen LogP contribution in [-0.4, -0.2) is 0 Å². The molecule has 4 heteroatoms. The topological polar surface area (TPSA) is 32.8 Å². The van der Waals surface area contributed by atoms with Gasteiger partial charge in [-0.05, 0) is 171 Å². The number of rotatable bonds is 10. The molecule has 2 aromatic heterocycles. The number of benzene rings is 11. The van der Waals surface area contributed by atoms with E-state index < -0.39 is 5.41 Å². The predicted octanol–water partition coefficient (Wildman–Crippen LogP) is 23.6. The third kappa shape index (κ3) is 7.54. The van der Waals surface area contributed by atoms with Gasteiger partial charge in [-0.15, -0.1) is 0 Å². The van der Waals surface area contributed by atoms with Gasteiger partial charge in [0.2, 0.25) is 0 Å². The molecule has 2 heterocycles. The molecule has 416 valence electrons. The molecule has 0 N–H and O–H groups in total. The third-order valence-electron chi connectivity index (χ3n) is 20.1. The van der Waals surface area contributed by atoms with Gasteiger partial charge in [0.05, 0.1) is 22.5 Å². The van der Waals surface area contributed by atoms with E-state index in [1.165, 1.54) is 128 Å². The average molecular weight is 1110 g/mol. The Morgan fingerprint density at radius 2 is 1.02 bits per heavy atom. The third-order valence-corrected chi connectivity index (χ3v) is 20.1. The van der Waals surface area contributed by atoms with E-state index in [2.05, 4.69) is 253 Å². The van der Waals surface area contributed by atoms with Gasteiger partial charge in [0.25, 0.3) is 0 Å². The van der Waals surface area contributed by atoms with Crippen LogP contribution in [0.25, 0.3) is 88.4 Å². The van der Waals surface area contributed by atoms with Crippen LogP contribution in [0.4, 0.5) is 34.1 Å². The van der Waals surface area contributed by atoms with Crippen molar-refractivity contribution in [1.29, 1.82) is 0 Å². The first kappa shape index (κ1) is 50.8. The van der Waals surface area contributed by atoms with E-state index in [9.17, 15) is 0 Å². The van der Waals surface area contributed by atoms with Crippen molar-refractivity contribution in [2.45, 2.75) is 82.5 Å². The van der Waals surface area contributed by atoms with Gasteiger partial charge in [-0.2, -0.15) is 0 Å². The molecule has 0 bridgehead atoms. The maximum atomic E-state index is 7.38. The van der Waals surface area contributed by atoms with Crippen LogP contribution in [0.5, 0.6) is 0 Å². The van der Waals surface area contributed by atoms with Gasteiger partial charge in [-0.3, -0.25) is 0 Å². The molecule has 0 atom stereocenters. The first-order valence-electron chi connectivity index (χ1n) is 31.4. The van der Waals surface area contributed by atoms with E-state index in [4.69, 9.17) is 15.4 Å². The second-order valence-electron chi connectivity index (χ2n) is 24.6. The molecule has 2 saturated carbocycles. The highest BCUT2D eigenvalue weighted by Gasteiger charge is 2.53. The fourth-order valence-corrected chi connectivity index (χ4v) is 16.4. The first-order valence-corrected chi connectivity index (χ1v) is 31.4. The standard InChI is InChI=1S/C82H66N2O2/c1-3-25-65-67-40-23-44-73(80(67)85-78(65)52(2)53-26-8-4-9-27-53)83(56-30-12-6-13-31-56)58-47-49-59-55(50-58)46-48-69-76-64-37-17-16-36-63(64)75(51-72(76)82(77(59)69)70-42-20-18-34-61(70)62-35-19-21-43-71(62)82)84(57-32-14-7-15-33-57)74-45-24-41-68-66-39-22-38-60(79(66)86-81(68)74)54-28-10-5-11-29-54/h3,6-7,12-25,30-51,53-54H,2,4-5,8-11,26-29H2,1H3/b25-3-. The monoisotopic (exact) mass is 1110 g/mol. The lowest BCUT2D eigenvalue weighted by atomic mass is 9.69. The Hall–Kier alpha value is -9.64. The maximum absolute atomic E-state index is 7.38. The van der Waals surface area contributed by atoms with Crippen molar-refractivity contribution in [1.82, 2.24) is 0 Å². The van der Waals surface area contributed by atoms with Gasteiger partial charge in [0.1, 0.15) is 11.3 Å². The maximum Gasteiger partial charge on any atom is 0.159 e. The number of nitrogens with zero attached hydrogens (tertiary/aromatic N) is 2. The molecular formula is C82H66N2O2. The minimum absolute atomic E-state index is 0.418. The summed E-state index contributed by atoms with van der Waals surface area (Å²) < 4.78 is 14.6. The molecule has 2 fully saturated rings. The van der Waals surface area contributed by atoms with E-state index in [-0.39, 0.29) is 0 Å². The number of hydrogen-bond acceptors (Lipinski definition) is 4. The van der Waals surface area contributed by atoms with Crippen LogP contribution in [0, 0.1) is 5.92 Å². The fraction of sp³-hybridized carbons (Fsp3) is 0.171. The average Bonchev–Trinajstić information content (AvgIpc) is 1.50. The van der Waals surface area contributed by atoms with Crippen molar-refractivity contribution in [3.63, 3.8) is 0 Å². The number of furan rings is 2. The Balaban J connectivity index is 0.904. The number of fused-ring (bicyclic) bond motifs is 18. The van der Waals surface area contributed by atoms with Crippen LogP contribution < -0.4 is 9.80 Å². The summed E-state index contributed by atoms with van der Waals surface area (Å²) in [5.41, 5.74) is 22.3. The first-order chi connectivity index (χ1) is 42.6. The molecule has 4 aliphatic carbocycles. The van der Waals surface area contributed by atoms with Gasteiger partial charge in [0.15, 0.2) is 11.2 Å². The zero-order valence-corrected chi connectivity index (χ0v) is 48.7. The van der Waals surface area contributed by atoms with Crippen LogP contribution in [0.1, 0.15) is 116 Å². The van der Waals surface area contributed by atoms with Crippen molar-refractivity contribution >= 4 is 100 Å². The number of anilines is 6. The molecule has 1 spiro atoms. The Labute approximate surface area is 503 Å². The van der Waals surface area contributed by atoms with E-state index in [0.717, 1.165) is 91.4 Å². The molecule has 0 amide bonds. The highest BCUT2D eigenvalue weighted by Crippen LogP contribution is 2.66. The molecule has 0 saturated heterocycles. The second kappa shape index (κ2) is 20.3. The van der Waals surface area contributed by atoms with Crippen molar-refractivity contribution in [3.05, 3.63) is 276 Å². The molecule has 13 aromatic rings. The summed E-state index contributed by atoms with van der Waals surface area (Å²) in [5, 5.41) is 8.23. The van der Waals surface area contributed by atoms with E-state index in [1.54, 1.807) is 0 Å². The predicted molar refractivity (Wildman–Crippen MR) is 360 cm³/mol. The Morgan fingerprint density at radius 1 is 0.442 bits per heavy atom. The number of hydrogen-bond donors (Lipinski definition) is 0. The van der Waals surface area contributed by atoms with Gasteiger partial charge >= 0.3 is 0 Å². The molecule has 0 radical (unpaired) electrons. The Morgan fingerprint density at radius 3 is 1.73 bits per heavy atom. The summed E-state index contributed by atoms with van der Waals surface area (Å²) in [7, 11) is 0. The highest BCUT2D eigenvalue weighted by molar-refractivity contribution is 6.17. The Kier molecular flexibility index (Phi) is 12.0. The molecule has 4 nitrogen and oxygen atoms in total. The molecule has 17 rings (SSSR count). The van der Waals surface area contributed by atoms with Crippen LogP contribution >= 0.6 is 0 Å². The summed E-state index contributed by atoms with van der Waals surface area (Å²) >= 11 is 0. The van der Waals surface area contributed by atoms with E-state index in [1.807, 2.05) is 0 Å². The lowest BCUT2D eigenvalue weighted by Gasteiger charge is -2.33. The number of para-hydroxylation sites is 5. The highest BCUT2D eigenvalue weighted by atomic mass is 16.3. The normalized spacial score (nSPS) is 15.5. The second-order valence-corrected chi connectivity index (χ2v) is 24.6. The lowest BCUT2D eigenvalue weighted by Crippen LogP contribution is -2.26. The van der Waals surface area contributed by atoms with Crippen molar-refractivity contribution in [3.8, 4) is 22.3 Å². The minimum Gasteiger partial charge on any atom is -0.454 e. The van der Waals surface area contributed by atoms with Crippen molar-refractivity contribution in [2.75, 3.05) is 9.80 Å². The number of allylic oxidation sites excluding steroid dienone is 2. The van der Waals surface area contributed by atoms with E-state index >= 15 is 0 Å². The zero-order chi connectivity index (χ0) is 57.0. The smallest absolute Gasteiger partial charge is 0.159 e. The molecular weight excluding hydrogens is 1040 g/mol. The van der Waals surface area contributed by atoms with Crippen LogP contribution in [0.15, 0.2) is 246 Å². The van der Waals surface area contributed by atoms with E-state index in [0.29, 0.717) is 11.8 Å². The summed E-state index contributed by atoms with van der Waals surface area (Å²) in [6.45, 7) is 6.86. The fourth-order valence-electron chi connectivity index (χ4n) is 16.4. The SMILES string of the molecule is C=C(c1oc2c(N(c3ccccc3)c3ccc4c5c(ccc4c3)-c3c(cc(N(c4ccccc4)c4cccc6c4oc4c(C7CCCCC7)cccc46)c4ccccc34)C53c4ccccc4-c4ccccc43)cccc2c1/C=C\C)C1CCCCC1. The van der Waals surface area contributed by atoms with Crippen LogP contribution in [0.2, 0.25) is 0 Å². The zero-order valence-electron chi connectivity index (χ0n) is 48.7.